The second kappa shape index (κ2) is 12.8. The van der Waals surface area contributed by atoms with Gasteiger partial charge in [0.15, 0.2) is 0 Å². The molecule has 0 radical (unpaired) electrons. The highest BCUT2D eigenvalue weighted by molar-refractivity contribution is 7.98. The molecule has 3 nitrogen and oxygen atoms in total. The third-order valence-corrected chi connectivity index (χ3v) is 3.05. The summed E-state index contributed by atoms with van der Waals surface area (Å²) in [4.78, 5) is 11.1. The molecule has 0 atom stereocenters. The molecule has 0 aliphatic heterocycles. The minimum absolute atomic E-state index is 0.148. The third-order valence-electron chi connectivity index (χ3n) is 2.35. The third kappa shape index (κ3) is 11.9. The maximum Gasteiger partial charge on any atom is 0.221 e. The summed E-state index contributed by atoms with van der Waals surface area (Å²) in [5, 5.41) is 6.09. The number of rotatable bonds is 11. The van der Waals surface area contributed by atoms with E-state index in [1.54, 1.807) is 0 Å². The fourth-order valence-corrected chi connectivity index (χ4v) is 1.96. The highest BCUT2D eigenvalue weighted by Crippen LogP contribution is 2.03. The maximum absolute atomic E-state index is 11.1. The molecule has 16 heavy (non-hydrogen) atoms. The SMILES string of the molecule is CCNC(=O)CCNCCCCCCSC. The Morgan fingerprint density at radius 2 is 1.88 bits per heavy atom. The van der Waals surface area contributed by atoms with Crippen LogP contribution in [0, 0.1) is 0 Å². The fraction of sp³-hybridized carbons (Fsp3) is 0.917. The molecule has 96 valence electrons. The highest BCUT2D eigenvalue weighted by Gasteiger charge is 1.97. The first-order valence-electron chi connectivity index (χ1n) is 6.27. The van der Waals surface area contributed by atoms with Gasteiger partial charge in [-0.15, -0.1) is 0 Å². The van der Waals surface area contributed by atoms with Crippen molar-refractivity contribution in [3.63, 3.8) is 0 Å². The minimum Gasteiger partial charge on any atom is -0.356 e. The molecule has 0 aromatic heterocycles. The molecule has 0 rings (SSSR count). The molecule has 0 aliphatic rings. The zero-order chi connectivity index (χ0) is 12.1. The molecule has 0 bridgehead atoms. The zero-order valence-corrected chi connectivity index (χ0v) is 11.5. The summed E-state index contributed by atoms with van der Waals surface area (Å²) >= 11 is 1.92. The Labute approximate surface area is 104 Å². The Morgan fingerprint density at radius 3 is 2.56 bits per heavy atom. The van der Waals surface area contributed by atoms with E-state index in [9.17, 15) is 4.79 Å². The van der Waals surface area contributed by atoms with Crippen molar-refractivity contribution < 1.29 is 4.79 Å². The lowest BCUT2D eigenvalue weighted by Gasteiger charge is -2.04. The standard InChI is InChI=1S/C12H26N2OS/c1-3-14-12(15)8-10-13-9-6-4-5-7-11-16-2/h13H,3-11H2,1-2H3,(H,14,15). The van der Waals surface area contributed by atoms with Crippen molar-refractivity contribution in [3.05, 3.63) is 0 Å². The molecule has 0 unspecified atom stereocenters. The van der Waals surface area contributed by atoms with Gasteiger partial charge in [-0.2, -0.15) is 11.8 Å². The van der Waals surface area contributed by atoms with Gasteiger partial charge < -0.3 is 10.6 Å². The number of thioether (sulfide) groups is 1. The summed E-state index contributed by atoms with van der Waals surface area (Å²) in [5.74, 6) is 1.43. The van der Waals surface area contributed by atoms with Gasteiger partial charge in [0, 0.05) is 19.5 Å². The molecule has 0 aliphatic carbocycles. The van der Waals surface area contributed by atoms with E-state index in [1.165, 1.54) is 31.4 Å². The van der Waals surface area contributed by atoms with Crippen LogP contribution in [0.25, 0.3) is 0 Å². The quantitative estimate of drug-likeness (QED) is 0.548. The Bertz CT molecular complexity index is 165. The van der Waals surface area contributed by atoms with E-state index in [4.69, 9.17) is 0 Å². The smallest absolute Gasteiger partial charge is 0.221 e. The molecular weight excluding hydrogens is 220 g/mol. The molecule has 0 heterocycles. The maximum atomic E-state index is 11.1. The van der Waals surface area contributed by atoms with Crippen LogP contribution in [-0.4, -0.2) is 37.6 Å². The molecule has 0 spiro atoms. The molecule has 0 saturated heterocycles. The van der Waals surface area contributed by atoms with Crippen molar-refractivity contribution in [2.24, 2.45) is 0 Å². The van der Waals surface area contributed by atoms with Crippen LogP contribution in [0.3, 0.4) is 0 Å². The van der Waals surface area contributed by atoms with E-state index < -0.39 is 0 Å². The van der Waals surface area contributed by atoms with Crippen molar-refractivity contribution in [2.75, 3.05) is 31.6 Å². The number of carbonyl (C=O) groups is 1. The molecule has 0 fully saturated rings. The molecular formula is C12H26N2OS. The van der Waals surface area contributed by atoms with Gasteiger partial charge in [-0.05, 0) is 38.3 Å². The summed E-state index contributed by atoms with van der Waals surface area (Å²) in [7, 11) is 0. The Kier molecular flexibility index (Phi) is 12.7. The van der Waals surface area contributed by atoms with Gasteiger partial charge in [0.25, 0.3) is 0 Å². The van der Waals surface area contributed by atoms with Crippen molar-refractivity contribution in [1.29, 1.82) is 0 Å². The minimum atomic E-state index is 0.148. The predicted octanol–water partition coefficient (Wildman–Crippen LogP) is 2.03. The number of hydrogen-bond donors (Lipinski definition) is 2. The van der Waals surface area contributed by atoms with Crippen LogP contribution < -0.4 is 10.6 Å². The lowest BCUT2D eigenvalue weighted by Crippen LogP contribution is -2.27. The first-order chi connectivity index (χ1) is 7.81. The summed E-state index contributed by atoms with van der Waals surface area (Å²) in [5.41, 5.74) is 0. The topological polar surface area (TPSA) is 41.1 Å². The van der Waals surface area contributed by atoms with E-state index in [0.717, 1.165) is 19.6 Å². The summed E-state index contributed by atoms with van der Waals surface area (Å²) in [6, 6.07) is 0. The van der Waals surface area contributed by atoms with Gasteiger partial charge >= 0.3 is 0 Å². The van der Waals surface area contributed by atoms with Crippen LogP contribution in [0.2, 0.25) is 0 Å². The van der Waals surface area contributed by atoms with Gasteiger partial charge in [-0.3, -0.25) is 4.79 Å². The summed E-state index contributed by atoms with van der Waals surface area (Å²) in [6.45, 7) is 4.52. The van der Waals surface area contributed by atoms with E-state index in [2.05, 4.69) is 16.9 Å². The highest BCUT2D eigenvalue weighted by atomic mass is 32.2. The monoisotopic (exact) mass is 246 g/mol. The number of unbranched alkanes of at least 4 members (excludes halogenated alkanes) is 3. The average Bonchev–Trinajstić information content (AvgIpc) is 2.27. The molecule has 1 amide bonds. The molecule has 4 heteroatoms. The van der Waals surface area contributed by atoms with Crippen molar-refractivity contribution in [3.8, 4) is 0 Å². The van der Waals surface area contributed by atoms with Crippen LogP contribution in [0.5, 0.6) is 0 Å². The average molecular weight is 246 g/mol. The number of amides is 1. The van der Waals surface area contributed by atoms with Gasteiger partial charge in [-0.1, -0.05) is 12.8 Å². The molecule has 0 saturated carbocycles. The van der Waals surface area contributed by atoms with Crippen LogP contribution in [-0.2, 0) is 4.79 Å². The Balaban J connectivity index is 3.01. The number of hydrogen-bond acceptors (Lipinski definition) is 3. The van der Waals surface area contributed by atoms with Gasteiger partial charge in [0.2, 0.25) is 5.91 Å². The number of nitrogens with one attached hydrogen (secondary N) is 2. The first-order valence-corrected chi connectivity index (χ1v) is 7.67. The second-order valence-corrected chi connectivity index (χ2v) is 4.85. The molecule has 0 aromatic carbocycles. The van der Waals surface area contributed by atoms with E-state index in [0.29, 0.717) is 6.42 Å². The fourth-order valence-electron chi connectivity index (χ4n) is 1.46. The van der Waals surface area contributed by atoms with Crippen molar-refractivity contribution >= 4 is 17.7 Å². The summed E-state index contributed by atoms with van der Waals surface area (Å²) in [6.07, 6.45) is 7.95. The van der Waals surface area contributed by atoms with Gasteiger partial charge in [0.1, 0.15) is 0 Å². The van der Waals surface area contributed by atoms with Crippen molar-refractivity contribution in [1.82, 2.24) is 10.6 Å². The predicted molar refractivity (Wildman–Crippen MR) is 73.0 cm³/mol. The largest absolute Gasteiger partial charge is 0.356 e. The lowest BCUT2D eigenvalue weighted by molar-refractivity contribution is -0.120. The normalized spacial score (nSPS) is 10.4. The summed E-state index contributed by atoms with van der Waals surface area (Å²) < 4.78 is 0. The zero-order valence-electron chi connectivity index (χ0n) is 10.7. The molecule has 0 aromatic rings. The Hall–Kier alpha value is -0.220. The van der Waals surface area contributed by atoms with Crippen LogP contribution in [0.15, 0.2) is 0 Å². The van der Waals surface area contributed by atoms with Crippen LogP contribution in [0.4, 0.5) is 0 Å². The van der Waals surface area contributed by atoms with Gasteiger partial charge in [0.05, 0.1) is 0 Å². The van der Waals surface area contributed by atoms with E-state index in [1.807, 2.05) is 18.7 Å². The number of carbonyl (C=O) groups excluding carboxylic acids is 1. The van der Waals surface area contributed by atoms with Crippen LogP contribution in [0.1, 0.15) is 39.0 Å². The molecule has 2 N–H and O–H groups in total. The van der Waals surface area contributed by atoms with E-state index in [-0.39, 0.29) is 5.91 Å². The first kappa shape index (κ1) is 15.8. The van der Waals surface area contributed by atoms with Crippen molar-refractivity contribution in [2.45, 2.75) is 39.0 Å². The Morgan fingerprint density at radius 1 is 1.12 bits per heavy atom. The van der Waals surface area contributed by atoms with Crippen LogP contribution >= 0.6 is 11.8 Å². The lowest BCUT2D eigenvalue weighted by atomic mass is 10.2. The van der Waals surface area contributed by atoms with E-state index >= 15 is 0 Å². The second-order valence-electron chi connectivity index (χ2n) is 3.86. The van der Waals surface area contributed by atoms with Gasteiger partial charge in [-0.25, -0.2) is 0 Å².